The van der Waals surface area contributed by atoms with Gasteiger partial charge in [0.1, 0.15) is 18.2 Å². The molecule has 0 bridgehead atoms. The molecule has 1 N–H and O–H groups in total. The minimum atomic E-state index is -0.626. The number of ether oxygens (including phenoxy) is 1. The largest absolute Gasteiger partial charge is 0.444 e. The summed E-state index contributed by atoms with van der Waals surface area (Å²) in [7, 11) is 0. The molecular weight excluding hydrogens is 258 g/mol. The predicted octanol–water partition coefficient (Wildman–Crippen LogP) is 1.66. The molecule has 6 nitrogen and oxygen atoms in total. The van der Waals surface area contributed by atoms with Gasteiger partial charge in [0.15, 0.2) is 0 Å². The summed E-state index contributed by atoms with van der Waals surface area (Å²) in [5, 5.41) is 11.5. The smallest absolute Gasteiger partial charge is 0.408 e. The number of carbonyl (C=O) groups excluding carboxylic acids is 2. The number of rotatable bonds is 2. The van der Waals surface area contributed by atoms with E-state index in [0.29, 0.717) is 6.42 Å². The molecule has 1 rings (SSSR count). The molecule has 1 heterocycles. The first-order valence-corrected chi connectivity index (χ1v) is 6.83. The fourth-order valence-corrected chi connectivity index (χ4v) is 2.29. The van der Waals surface area contributed by atoms with E-state index in [9.17, 15) is 9.59 Å². The topological polar surface area (TPSA) is 82.4 Å². The van der Waals surface area contributed by atoms with Crippen molar-refractivity contribution in [3.63, 3.8) is 0 Å². The van der Waals surface area contributed by atoms with E-state index >= 15 is 0 Å². The van der Waals surface area contributed by atoms with Gasteiger partial charge in [-0.1, -0.05) is 6.92 Å². The molecule has 3 atom stereocenters. The van der Waals surface area contributed by atoms with E-state index in [1.54, 1.807) is 25.7 Å². The van der Waals surface area contributed by atoms with Gasteiger partial charge in [0.2, 0.25) is 5.91 Å². The number of amides is 2. The van der Waals surface area contributed by atoms with Gasteiger partial charge in [-0.25, -0.2) is 4.79 Å². The van der Waals surface area contributed by atoms with Gasteiger partial charge < -0.3 is 15.0 Å². The second kappa shape index (κ2) is 6.12. The first-order chi connectivity index (χ1) is 9.15. The highest BCUT2D eigenvalue weighted by molar-refractivity contribution is 5.83. The SMILES string of the molecule is CC1[C@@H](C)C[C@@H](C#N)N1C(=O)CNC(=O)OC(C)(C)C. The van der Waals surface area contributed by atoms with Crippen molar-refractivity contribution in [1.82, 2.24) is 10.2 Å². The number of carbonyl (C=O) groups is 2. The lowest BCUT2D eigenvalue weighted by Gasteiger charge is -2.26. The van der Waals surface area contributed by atoms with Crippen LogP contribution in [0.1, 0.15) is 41.0 Å². The van der Waals surface area contributed by atoms with Crippen LogP contribution in [0.3, 0.4) is 0 Å². The van der Waals surface area contributed by atoms with Crippen molar-refractivity contribution in [2.24, 2.45) is 5.92 Å². The minimum Gasteiger partial charge on any atom is -0.444 e. The highest BCUT2D eigenvalue weighted by atomic mass is 16.6. The number of nitrogens with zero attached hydrogens (tertiary/aromatic N) is 2. The van der Waals surface area contributed by atoms with Gasteiger partial charge in [-0.15, -0.1) is 0 Å². The Morgan fingerprint density at radius 1 is 1.40 bits per heavy atom. The third-order valence-corrected chi connectivity index (χ3v) is 3.41. The second-order valence-electron chi connectivity index (χ2n) is 6.25. The average Bonchev–Trinajstić information content (AvgIpc) is 2.60. The van der Waals surface area contributed by atoms with E-state index in [1.807, 2.05) is 13.8 Å². The Kier molecular flexibility index (Phi) is 4.98. The van der Waals surface area contributed by atoms with Crippen molar-refractivity contribution in [2.75, 3.05) is 6.54 Å². The Balaban J connectivity index is 2.55. The third-order valence-electron chi connectivity index (χ3n) is 3.41. The van der Waals surface area contributed by atoms with Gasteiger partial charge in [0.25, 0.3) is 0 Å². The zero-order valence-electron chi connectivity index (χ0n) is 12.8. The monoisotopic (exact) mass is 281 g/mol. The van der Waals surface area contributed by atoms with Crippen LogP contribution in [-0.4, -0.2) is 41.1 Å². The summed E-state index contributed by atoms with van der Waals surface area (Å²) in [6.07, 6.45) is 0.0507. The van der Waals surface area contributed by atoms with E-state index in [4.69, 9.17) is 10.00 Å². The number of hydrogen-bond acceptors (Lipinski definition) is 4. The van der Waals surface area contributed by atoms with Crippen LogP contribution in [0.2, 0.25) is 0 Å². The lowest BCUT2D eigenvalue weighted by atomic mass is 10.0. The maximum atomic E-state index is 12.1. The summed E-state index contributed by atoms with van der Waals surface area (Å²) in [6.45, 7) is 9.06. The van der Waals surface area contributed by atoms with Crippen LogP contribution in [0, 0.1) is 17.2 Å². The van der Waals surface area contributed by atoms with Crippen molar-refractivity contribution in [3.8, 4) is 6.07 Å². The number of hydrogen-bond donors (Lipinski definition) is 1. The fourth-order valence-electron chi connectivity index (χ4n) is 2.29. The molecule has 2 amide bonds. The number of likely N-dealkylation sites (tertiary alicyclic amines) is 1. The molecule has 20 heavy (non-hydrogen) atoms. The normalized spacial score (nSPS) is 26.0. The predicted molar refractivity (Wildman–Crippen MR) is 73.7 cm³/mol. The van der Waals surface area contributed by atoms with Gasteiger partial charge in [0.05, 0.1) is 6.07 Å². The molecule has 0 aromatic carbocycles. The molecule has 1 saturated heterocycles. The van der Waals surface area contributed by atoms with Gasteiger partial charge in [-0.3, -0.25) is 4.79 Å². The zero-order valence-corrected chi connectivity index (χ0v) is 12.8. The molecule has 1 unspecified atom stereocenters. The van der Waals surface area contributed by atoms with Crippen molar-refractivity contribution in [2.45, 2.75) is 58.7 Å². The first-order valence-electron chi connectivity index (χ1n) is 6.83. The Hall–Kier alpha value is -1.77. The highest BCUT2D eigenvalue weighted by Gasteiger charge is 2.39. The molecule has 1 aliphatic heterocycles. The minimum absolute atomic E-state index is 0.00702. The number of alkyl carbamates (subject to hydrolysis) is 1. The van der Waals surface area contributed by atoms with Gasteiger partial charge >= 0.3 is 6.09 Å². The molecule has 1 fully saturated rings. The average molecular weight is 281 g/mol. The summed E-state index contributed by atoms with van der Waals surface area (Å²) >= 11 is 0. The van der Waals surface area contributed by atoms with Crippen molar-refractivity contribution in [3.05, 3.63) is 0 Å². The van der Waals surface area contributed by atoms with Crippen molar-refractivity contribution < 1.29 is 14.3 Å². The maximum absolute atomic E-state index is 12.1. The van der Waals surface area contributed by atoms with Crippen LogP contribution < -0.4 is 5.32 Å². The van der Waals surface area contributed by atoms with Crippen LogP contribution in [-0.2, 0) is 9.53 Å². The van der Waals surface area contributed by atoms with E-state index in [0.717, 1.165) is 0 Å². The highest BCUT2D eigenvalue weighted by Crippen LogP contribution is 2.28. The van der Waals surface area contributed by atoms with Crippen LogP contribution in [0.25, 0.3) is 0 Å². The molecular formula is C14H23N3O3. The van der Waals surface area contributed by atoms with E-state index < -0.39 is 17.7 Å². The fraction of sp³-hybridized carbons (Fsp3) is 0.786. The van der Waals surface area contributed by atoms with Crippen LogP contribution in [0.15, 0.2) is 0 Å². The number of nitrogens with one attached hydrogen (secondary N) is 1. The molecule has 0 saturated carbocycles. The maximum Gasteiger partial charge on any atom is 0.408 e. The molecule has 0 radical (unpaired) electrons. The van der Waals surface area contributed by atoms with Gasteiger partial charge in [-0.05, 0) is 40.0 Å². The summed E-state index contributed by atoms with van der Waals surface area (Å²) in [5.74, 6) is 0.0318. The number of nitriles is 1. The molecule has 0 spiro atoms. The molecule has 6 heteroatoms. The lowest BCUT2D eigenvalue weighted by Crippen LogP contribution is -2.46. The summed E-state index contributed by atoms with van der Waals surface area (Å²) in [5.41, 5.74) is -0.599. The molecule has 0 aliphatic carbocycles. The lowest BCUT2D eigenvalue weighted by molar-refractivity contribution is -0.132. The van der Waals surface area contributed by atoms with Crippen LogP contribution in [0.4, 0.5) is 4.79 Å². The Labute approximate surface area is 120 Å². The summed E-state index contributed by atoms with van der Waals surface area (Å²) in [4.78, 5) is 25.2. The molecule has 112 valence electrons. The van der Waals surface area contributed by atoms with Crippen molar-refractivity contribution >= 4 is 12.0 Å². The van der Waals surface area contributed by atoms with Crippen LogP contribution >= 0.6 is 0 Å². The third kappa shape index (κ3) is 4.12. The van der Waals surface area contributed by atoms with Crippen LogP contribution in [0.5, 0.6) is 0 Å². The second-order valence-corrected chi connectivity index (χ2v) is 6.25. The van der Waals surface area contributed by atoms with Gasteiger partial charge in [0, 0.05) is 6.04 Å². The van der Waals surface area contributed by atoms with E-state index in [-0.39, 0.29) is 24.4 Å². The van der Waals surface area contributed by atoms with E-state index in [1.165, 1.54) is 0 Å². The summed E-state index contributed by atoms with van der Waals surface area (Å²) < 4.78 is 5.07. The Morgan fingerprint density at radius 3 is 2.50 bits per heavy atom. The molecule has 0 aromatic rings. The Morgan fingerprint density at radius 2 is 2.00 bits per heavy atom. The van der Waals surface area contributed by atoms with Gasteiger partial charge in [-0.2, -0.15) is 5.26 Å². The Bertz CT molecular complexity index is 422. The quantitative estimate of drug-likeness (QED) is 0.834. The standard InChI is InChI=1S/C14H23N3O3/c1-9-6-11(7-15)17(10(9)2)12(18)8-16-13(19)20-14(3,4)5/h9-11H,6,8H2,1-5H3,(H,16,19)/t9-,10?,11-/m0/s1. The van der Waals surface area contributed by atoms with E-state index in [2.05, 4.69) is 11.4 Å². The summed E-state index contributed by atoms with van der Waals surface area (Å²) in [6, 6.07) is 1.74. The molecule has 1 aliphatic rings. The molecule has 0 aromatic heterocycles. The first kappa shape index (κ1) is 16.3. The zero-order chi connectivity index (χ0) is 15.5. The van der Waals surface area contributed by atoms with Crippen molar-refractivity contribution in [1.29, 1.82) is 5.26 Å².